The van der Waals surface area contributed by atoms with Gasteiger partial charge in [0.2, 0.25) is 0 Å². The molecule has 0 saturated carbocycles. The average molecular weight is 247 g/mol. The molecule has 3 unspecified atom stereocenters. The van der Waals surface area contributed by atoms with E-state index in [9.17, 15) is 0 Å². The van der Waals surface area contributed by atoms with Crippen molar-refractivity contribution in [1.82, 2.24) is 5.32 Å². The summed E-state index contributed by atoms with van der Waals surface area (Å²) >= 11 is 0. The highest BCUT2D eigenvalue weighted by molar-refractivity contribution is 5.39. The molecule has 3 atom stereocenters. The van der Waals surface area contributed by atoms with Gasteiger partial charge in [0.1, 0.15) is 0 Å². The van der Waals surface area contributed by atoms with Crippen molar-refractivity contribution in [2.24, 2.45) is 0 Å². The molecule has 2 aliphatic rings. The van der Waals surface area contributed by atoms with Crippen molar-refractivity contribution in [3.63, 3.8) is 0 Å². The van der Waals surface area contributed by atoms with Crippen LogP contribution < -0.4 is 5.32 Å². The predicted molar refractivity (Wildman–Crippen MR) is 70.9 cm³/mol. The van der Waals surface area contributed by atoms with Crippen molar-refractivity contribution in [2.75, 3.05) is 26.9 Å². The van der Waals surface area contributed by atoms with Crippen LogP contribution in [0.1, 0.15) is 23.5 Å². The van der Waals surface area contributed by atoms with Crippen molar-refractivity contribution in [1.29, 1.82) is 0 Å². The standard InChI is InChI=1S/C15H21NO2/c1-16-14(15-10-17-6-7-18-15)9-12-8-11-4-2-3-5-13(11)12/h2-5,12,14-16H,6-10H2,1H3. The third kappa shape index (κ3) is 2.30. The van der Waals surface area contributed by atoms with Crippen LogP contribution in [0.25, 0.3) is 0 Å². The number of benzene rings is 1. The van der Waals surface area contributed by atoms with Crippen LogP contribution in [-0.2, 0) is 15.9 Å². The van der Waals surface area contributed by atoms with Gasteiger partial charge in [0.15, 0.2) is 0 Å². The lowest BCUT2D eigenvalue weighted by atomic mass is 9.74. The molecule has 1 N–H and O–H groups in total. The Morgan fingerprint density at radius 3 is 2.94 bits per heavy atom. The fourth-order valence-electron chi connectivity index (χ4n) is 3.07. The van der Waals surface area contributed by atoms with Gasteiger partial charge in [-0.3, -0.25) is 0 Å². The lowest BCUT2D eigenvalue weighted by molar-refractivity contribution is -0.102. The van der Waals surface area contributed by atoms with E-state index in [0.29, 0.717) is 12.0 Å². The zero-order chi connectivity index (χ0) is 12.4. The summed E-state index contributed by atoms with van der Waals surface area (Å²) < 4.78 is 11.3. The smallest absolute Gasteiger partial charge is 0.0962 e. The Morgan fingerprint density at radius 1 is 1.33 bits per heavy atom. The van der Waals surface area contributed by atoms with E-state index in [1.54, 1.807) is 0 Å². The van der Waals surface area contributed by atoms with E-state index in [4.69, 9.17) is 9.47 Å². The van der Waals surface area contributed by atoms with Gasteiger partial charge in [-0.15, -0.1) is 0 Å². The Kier molecular flexibility index (Phi) is 3.64. The Balaban J connectivity index is 1.61. The SMILES string of the molecule is CNC(CC1Cc2ccccc21)C1COCCO1. The average Bonchev–Trinajstić information content (AvgIpc) is 2.41. The zero-order valence-corrected chi connectivity index (χ0v) is 10.9. The van der Waals surface area contributed by atoms with Crippen molar-refractivity contribution in [3.8, 4) is 0 Å². The summed E-state index contributed by atoms with van der Waals surface area (Å²) in [5, 5.41) is 3.40. The summed E-state index contributed by atoms with van der Waals surface area (Å²) in [6, 6.07) is 9.15. The maximum Gasteiger partial charge on any atom is 0.0962 e. The zero-order valence-electron chi connectivity index (χ0n) is 10.9. The van der Waals surface area contributed by atoms with Gasteiger partial charge in [-0.1, -0.05) is 24.3 Å². The maximum atomic E-state index is 5.80. The lowest BCUT2D eigenvalue weighted by Crippen LogP contribution is -2.46. The number of likely N-dealkylation sites (N-methyl/N-ethyl adjacent to an activating group) is 1. The second kappa shape index (κ2) is 5.39. The maximum absolute atomic E-state index is 5.80. The third-order valence-corrected chi connectivity index (χ3v) is 4.16. The first-order chi connectivity index (χ1) is 8.88. The van der Waals surface area contributed by atoms with Crippen LogP contribution in [0.2, 0.25) is 0 Å². The molecular formula is C15H21NO2. The van der Waals surface area contributed by atoms with Gasteiger partial charge in [-0.05, 0) is 36.9 Å². The van der Waals surface area contributed by atoms with Crippen molar-refractivity contribution in [2.45, 2.75) is 30.9 Å². The highest BCUT2D eigenvalue weighted by Crippen LogP contribution is 2.38. The molecule has 1 saturated heterocycles. The van der Waals surface area contributed by atoms with E-state index < -0.39 is 0 Å². The predicted octanol–water partition coefficient (Wildman–Crippen LogP) is 1.72. The van der Waals surface area contributed by atoms with E-state index in [1.807, 2.05) is 7.05 Å². The summed E-state index contributed by atoms with van der Waals surface area (Å²) in [5.41, 5.74) is 3.03. The first-order valence-electron chi connectivity index (χ1n) is 6.83. The van der Waals surface area contributed by atoms with Crippen molar-refractivity contribution < 1.29 is 9.47 Å². The molecule has 3 rings (SSSR count). The van der Waals surface area contributed by atoms with Crippen LogP contribution in [0.5, 0.6) is 0 Å². The summed E-state index contributed by atoms with van der Waals surface area (Å²) in [7, 11) is 2.02. The van der Waals surface area contributed by atoms with Gasteiger partial charge in [0, 0.05) is 6.04 Å². The Morgan fingerprint density at radius 2 is 2.22 bits per heavy atom. The molecule has 0 spiro atoms. The second-order valence-electron chi connectivity index (χ2n) is 5.21. The first kappa shape index (κ1) is 12.2. The fraction of sp³-hybridized carbons (Fsp3) is 0.600. The van der Waals surface area contributed by atoms with Gasteiger partial charge in [0.05, 0.1) is 25.9 Å². The molecule has 1 aliphatic carbocycles. The quantitative estimate of drug-likeness (QED) is 0.879. The van der Waals surface area contributed by atoms with Crippen LogP contribution >= 0.6 is 0 Å². The molecule has 1 heterocycles. The number of rotatable bonds is 4. The molecule has 98 valence electrons. The summed E-state index contributed by atoms with van der Waals surface area (Å²) in [6.45, 7) is 2.18. The van der Waals surface area contributed by atoms with Gasteiger partial charge >= 0.3 is 0 Å². The summed E-state index contributed by atoms with van der Waals surface area (Å²) in [6.07, 6.45) is 2.56. The van der Waals surface area contributed by atoms with Crippen LogP contribution in [0, 0.1) is 0 Å². The third-order valence-electron chi connectivity index (χ3n) is 4.16. The lowest BCUT2D eigenvalue weighted by Gasteiger charge is -2.36. The van der Waals surface area contributed by atoms with Crippen molar-refractivity contribution >= 4 is 0 Å². The minimum Gasteiger partial charge on any atom is -0.376 e. The minimum atomic E-state index is 0.205. The molecule has 3 nitrogen and oxygen atoms in total. The van der Waals surface area contributed by atoms with E-state index in [0.717, 1.165) is 26.2 Å². The summed E-state index contributed by atoms with van der Waals surface area (Å²) in [5.74, 6) is 0.684. The van der Waals surface area contributed by atoms with Crippen molar-refractivity contribution in [3.05, 3.63) is 35.4 Å². The monoisotopic (exact) mass is 247 g/mol. The number of nitrogens with one attached hydrogen (secondary N) is 1. The number of hydrogen-bond donors (Lipinski definition) is 1. The van der Waals surface area contributed by atoms with Gasteiger partial charge < -0.3 is 14.8 Å². The largest absolute Gasteiger partial charge is 0.376 e. The van der Waals surface area contributed by atoms with Crippen LogP contribution in [0.4, 0.5) is 0 Å². The summed E-state index contributed by atoms with van der Waals surface area (Å²) in [4.78, 5) is 0. The Bertz CT molecular complexity index is 401. The van der Waals surface area contributed by atoms with E-state index in [-0.39, 0.29) is 6.10 Å². The molecule has 0 aromatic heterocycles. The molecule has 1 fully saturated rings. The Labute approximate surface area is 108 Å². The molecule has 1 aromatic rings. The molecule has 1 aliphatic heterocycles. The van der Waals surface area contributed by atoms with E-state index in [1.165, 1.54) is 17.5 Å². The van der Waals surface area contributed by atoms with Gasteiger partial charge in [-0.25, -0.2) is 0 Å². The van der Waals surface area contributed by atoms with E-state index in [2.05, 4.69) is 29.6 Å². The molecule has 18 heavy (non-hydrogen) atoms. The van der Waals surface area contributed by atoms with E-state index >= 15 is 0 Å². The van der Waals surface area contributed by atoms with Crippen LogP contribution in [-0.4, -0.2) is 39.0 Å². The second-order valence-corrected chi connectivity index (χ2v) is 5.21. The highest BCUT2D eigenvalue weighted by Gasteiger charge is 2.32. The normalized spacial score (nSPS) is 28.3. The van der Waals surface area contributed by atoms with Gasteiger partial charge in [0.25, 0.3) is 0 Å². The fourth-order valence-corrected chi connectivity index (χ4v) is 3.07. The molecule has 1 aromatic carbocycles. The Hall–Kier alpha value is -0.900. The molecular weight excluding hydrogens is 226 g/mol. The number of ether oxygens (including phenoxy) is 2. The van der Waals surface area contributed by atoms with Crippen LogP contribution in [0.3, 0.4) is 0 Å². The molecule has 0 bridgehead atoms. The molecule has 3 heteroatoms. The molecule has 0 amide bonds. The minimum absolute atomic E-state index is 0.205. The number of fused-ring (bicyclic) bond motifs is 1. The first-order valence-corrected chi connectivity index (χ1v) is 6.83. The van der Waals surface area contributed by atoms with Crippen LogP contribution in [0.15, 0.2) is 24.3 Å². The highest BCUT2D eigenvalue weighted by atomic mass is 16.6. The molecule has 0 radical (unpaired) electrons. The number of hydrogen-bond acceptors (Lipinski definition) is 3. The van der Waals surface area contributed by atoms with Gasteiger partial charge in [-0.2, -0.15) is 0 Å². The topological polar surface area (TPSA) is 30.5 Å².